The molecule has 7 rings (SSSR count). The van der Waals surface area contributed by atoms with E-state index in [-0.39, 0.29) is 0 Å². The van der Waals surface area contributed by atoms with Crippen molar-refractivity contribution in [3.05, 3.63) is 106 Å². The molecule has 4 aromatic rings. The van der Waals surface area contributed by atoms with Crippen LogP contribution in [0.3, 0.4) is 0 Å². The Balaban J connectivity index is 1.50. The van der Waals surface area contributed by atoms with Gasteiger partial charge < -0.3 is 4.79 Å². The minimum atomic E-state index is -0.734. The Hall–Kier alpha value is -3.45. The summed E-state index contributed by atoms with van der Waals surface area (Å²) in [6.45, 7) is 0. The second kappa shape index (κ2) is 6.53. The number of aryl methyl sites for hydroxylation is 2. The lowest BCUT2D eigenvalue weighted by Crippen LogP contribution is -2.26. The van der Waals surface area contributed by atoms with Gasteiger partial charge in [0.1, 0.15) is 6.29 Å². The van der Waals surface area contributed by atoms with Gasteiger partial charge in [-0.2, -0.15) is 0 Å². The van der Waals surface area contributed by atoms with Crippen LogP contribution < -0.4 is 0 Å². The van der Waals surface area contributed by atoms with Crippen LogP contribution in [0, 0.1) is 0 Å². The molecule has 0 radical (unpaired) electrons. The Bertz CT molecular complexity index is 1520. The summed E-state index contributed by atoms with van der Waals surface area (Å²) >= 11 is 0. The molecule has 4 aromatic carbocycles. The van der Waals surface area contributed by atoms with Gasteiger partial charge in [0.2, 0.25) is 0 Å². The van der Waals surface area contributed by atoms with Gasteiger partial charge in [0, 0.05) is 0 Å². The molecule has 1 nitrogen and oxygen atoms in total. The molecule has 0 saturated carbocycles. The molecule has 0 heterocycles. The molecule has 3 aliphatic carbocycles. The van der Waals surface area contributed by atoms with Crippen LogP contribution >= 0.6 is 0 Å². The third kappa shape index (κ3) is 2.31. The maximum atomic E-state index is 12.8. The number of fused-ring (bicyclic) bond motifs is 7. The second-order valence-corrected chi connectivity index (χ2v) is 9.54. The topological polar surface area (TPSA) is 17.1 Å². The largest absolute Gasteiger partial charge is 0.302 e. The first kappa shape index (κ1) is 18.2. The molecule has 0 fully saturated rings. The minimum absolute atomic E-state index is 0.734. The predicted octanol–water partition coefficient (Wildman–Crippen LogP) is 6.95. The lowest BCUT2D eigenvalue weighted by atomic mass is 9.74. The van der Waals surface area contributed by atoms with Gasteiger partial charge in [-0.1, -0.05) is 72.8 Å². The quantitative estimate of drug-likeness (QED) is 0.257. The third-order valence-corrected chi connectivity index (χ3v) is 7.94. The third-order valence-electron chi connectivity index (χ3n) is 7.94. The number of hydrogen-bond donors (Lipinski definition) is 0. The molecular weight excluding hydrogens is 388 g/mol. The zero-order valence-electron chi connectivity index (χ0n) is 18.0. The van der Waals surface area contributed by atoms with Crippen molar-refractivity contribution in [3.63, 3.8) is 0 Å². The summed E-state index contributed by atoms with van der Waals surface area (Å²) in [6.07, 6.45) is 15.7. The van der Waals surface area contributed by atoms with Crippen LogP contribution in [0.2, 0.25) is 0 Å². The summed E-state index contributed by atoms with van der Waals surface area (Å²) in [5, 5.41) is 5.12. The molecule has 0 aliphatic heterocycles. The first-order valence-corrected chi connectivity index (χ1v) is 11.7. The van der Waals surface area contributed by atoms with Crippen molar-refractivity contribution < 1.29 is 4.79 Å². The van der Waals surface area contributed by atoms with Crippen molar-refractivity contribution in [3.8, 4) is 0 Å². The van der Waals surface area contributed by atoms with E-state index in [9.17, 15) is 4.79 Å². The number of carbonyl (C=O) groups excluding carboxylic acids is 1. The molecule has 0 aromatic heterocycles. The number of aldehydes is 1. The molecular formula is C31H24O. The smallest absolute Gasteiger partial charge is 0.138 e. The van der Waals surface area contributed by atoms with E-state index in [1.165, 1.54) is 75.0 Å². The maximum Gasteiger partial charge on any atom is 0.138 e. The van der Waals surface area contributed by atoms with Crippen molar-refractivity contribution >= 4 is 40.0 Å². The number of rotatable bonds is 2. The van der Waals surface area contributed by atoms with Crippen LogP contribution in [-0.2, 0) is 29.5 Å². The SMILES string of the molecule is O=CC1(c2cccc3c2ccc2c4c(ccc23)CCCC4)C=Cc2cc3c(cc21)C=CC3. The van der Waals surface area contributed by atoms with Crippen molar-refractivity contribution in [2.24, 2.45) is 0 Å². The fourth-order valence-corrected chi connectivity index (χ4v) is 6.32. The van der Waals surface area contributed by atoms with E-state index in [4.69, 9.17) is 0 Å². The van der Waals surface area contributed by atoms with Crippen LogP contribution in [-0.4, -0.2) is 6.29 Å². The fraction of sp³-hybridized carbons (Fsp3) is 0.194. The highest BCUT2D eigenvalue weighted by Crippen LogP contribution is 2.45. The summed E-state index contributed by atoms with van der Waals surface area (Å²) < 4.78 is 0. The first-order chi connectivity index (χ1) is 15.8. The average Bonchev–Trinajstić information content (AvgIpc) is 3.46. The normalized spacial score (nSPS) is 20.5. The number of hydrogen-bond acceptors (Lipinski definition) is 1. The number of carbonyl (C=O) groups is 1. The number of allylic oxidation sites excluding steroid dienone is 2. The van der Waals surface area contributed by atoms with Gasteiger partial charge in [-0.15, -0.1) is 0 Å². The maximum absolute atomic E-state index is 12.8. The summed E-state index contributed by atoms with van der Waals surface area (Å²) in [5.74, 6) is 0. The van der Waals surface area contributed by atoms with Crippen LogP contribution in [0.1, 0.15) is 51.8 Å². The van der Waals surface area contributed by atoms with E-state index in [0.717, 1.165) is 23.8 Å². The molecule has 1 heteroatoms. The Labute approximate surface area is 188 Å². The van der Waals surface area contributed by atoms with Crippen LogP contribution in [0.25, 0.3) is 33.7 Å². The lowest BCUT2D eigenvalue weighted by Gasteiger charge is -2.26. The molecule has 0 N–H and O–H groups in total. The Morgan fingerprint density at radius 2 is 1.56 bits per heavy atom. The summed E-state index contributed by atoms with van der Waals surface area (Å²) in [6, 6.07) is 20.2. The lowest BCUT2D eigenvalue weighted by molar-refractivity contribution is -0.110. The number of benzene rings is 4. The van der Waals surface area contributed by atoms with Crippen LogP contribution in [0.5, 0.6) is 0 Å². The Morgan fingerprint density at radius 3 is 2.50 bits per heavy atom. The molecule has 0 spiro atoms. The molecule has 154 valence electrons. The van der Waals surface area contributed by atoms with E-state index in [1.807, 2.05) is 0 Å². The monoisotopic (exact) mass is 412 g/mol. The zero-order chi connectivity index (χ0) is 21.3. The molecule has 32 heavy (non-hydrogen) atoms. The minimum Gasteiger partial charge on any atom is -0.302 e. The van der Waals surface area contributed by atoms with Gasteiger partial charge in [-0.05, 0) is 98.7 Å². The highest BCUT2D eigenvalue weighted by Gasteiger charge is 2.38. The highest BCUT2D eigenvalue weighted by molar-refractivity contribution is 6.11. The van der Waals surface area contributed by atoms with Gasteiger partial charge >= 0.3 is 0 Å². The van der Waals surface area contributed by atoms with E-state index in [0.29, 0.717) is 0 Å². The Morgan fingerprint density at radius 1 is 0.719 bits per heavy atom. The van der Waals surface area contributed by atoms with Gasteiger partial charge in [-0.3, -0.25) is 0 Å². The molecule has 1 unspecified atom stereocenters. The van der Waals surface area contributed by atoms with Crippen molar-refractivity contribution in [2.75, 3.05) is 0 Å². The van der Waals surface area contributed by atoms with E-state index < -0.39 is 5.41 Å². The summed E-state index contributed by atoms with van der Waals surface area (Å²) in [5.41, 5.74) is 8.27. The van der Waals surface area contributed by atoms with Gasteiger partial charge in [0.25, 0.3) is 0 Å². The van der Waals surface area contributed by atoms with E-state index >= 15 is 0 Å². The molecule has 0 saturated heterocycles. The average molecular weight is 413 g/mol. The summed E-state index contributed by atoms with van der Waals surface area (Å²) in [7, 11) is 0. The van der Waals surface area contributed by atoms with Crippen molar-refractivity contribution in [1.29, 1.82) is 0 Å². The predicted molar refractivity (Wildman–Crippen MR) is 133 cm³/mol. The molecule has 3 aliphatic rings. The second-order valence-electron chi connectivity index (χ2n) is 9.54. The standard InChI is InChI=1S/C31H24O/c32-19-31(16-15-23-17-21-6-3-7-22(21)18-30(23)31)29-10-4-9-25-27-12-11-20-5-1-2-8-24(20)26(27)13-14-28(25)29/h3-4,7,9-19H,1-2,5-6,8H2. The van der Waals surface area contributed by atoms with Gasteiger partial charge in [0.15, 0.2) is 0 Å². The zero-order valence-corrected chi connectivity index (χ0v) is 18.0. The molecule has 1 atom stereocenters. The molecule has 0 amide bonds. The van der Waals surface area contributed by atoms with Gasteiger partial charge in [0.05, 0.1) is 5.41 Å². The van der Waals surface area contributed by atoms with Crippen LogP contribution in [0.4, 0.5) is 0 Å². The van der Waals surface area contributed by atoms with E-state index in [2.05, 4.69) is 78.9 Å². The van der Waals surface area contributed by atoms with Crippen molar-refractivity contribution in [1.82, 2.24) is 0 Å². The van der Waals surface area contributed by atoms with Gasteiger partial charge in [-0.25, -0.2) is 0 Å². The van der Waals surface area contributed by atoms with Crippen molar-refractivity contribution in [2.45, 2.75) is 37.5 Å². The van der Waals surface area contributed by atoms with E-state index in [1.54, 1.807) is 0 Å². The first-order valence-electron chi connectivity index (χ1n) is 11.7. The summed E-state index contributed by atoms with van der Waals surface area (Å²) in [4.78, 5) is 12.8. The molecule has 0 bridgehead atoms. The Kier molecular flexibility index (Phi) is 3.70. The fourth-order valence-electron chi connectivity index (χ4n) is 6.32. The highest BCUT2D eigenvalue weighted by atomic mass is 16.1. The van der Waals surface area contributed by atoms with Crippen LogP contribution in [0.15, 0.2) is 66.7 Å².